The van der Waals surface area contributed by atoms with Crippen molar-refractivity contribution in [3.63, 3.8) is 0 Å². The molecule has 2 aliphatic heterocycles. The van der Waals surface area contributed by atoms with E-state index in [9.17, 15) is 2.74 Å². The number of aryl methyl sites for hydroxylation is 1. The molecule has 1 aromatic heterocycles. The molecule has 0 bridgehead atoms. The Kier molecular flexibility index (Phi) is 12.3. The van der Waals surface area contributed by atoms with Crippen LogP contribution >= 0.6 is 0 Å². The second-order valence-electron chi connectivity index (χ2n) is 26.8. The van der Waals surface area contributed by atoms with Gasteiger partial charge in [0.1, 0.15) is 12.5 Å². The number of benzene rings is 11. The average Bonchev–Trinajstić information content (AvgIpc) is 1.48. The van der Waals surface area contributed by atoms with Crippen LogP contribution in [0.2, 0.25) is 0 Å². The molecule has 5 heteroatoms. The summed E-state index contributed by atoms with van der Waals surface area (Å²) in [5.41, 5.74) is 20.2. The molecule has 0 N–H and O–H groups in total. The molecule has 90 heavy (non-hydrogen) atoms. The van der Waals surface area contributed by atoms with E-state index < -0.39 is 25.0 Å². The fourth-order valence-electron chi connectivity index (χ4n) is 12.8. The van der Waals surface area contributed by atoms with Crippen molar-refractivity contribution in [2.75, 3.05) is 26.3 Å². The summed E-state index contributed by atoms with van der Waals surface area (Å²) in [6.45, 7) is 17.8. The summed E-state index contributed by atoms with van der Waals surface area (Å²) in [7, 11) is 0. The zero-order chi connectivity index (χ0) is 68.9. The maximum Gasteiger partial charge on any atom is 0.137 e. The van der Waals surface area contributed by atoms with Crippen LogP contribution in [-0.4, -0.2) is 11.7 Å². The summed E-state index contributed by atoms with van der Waals surface area (Å²) in [5.74, 6) is 0.448. The fraction of sp³-hybridized carbons (Fsp3) is 0.165. The first-order chi connectivity index (χ1) is 46.7. The molecular formula is C85H77N5. The van der Waals surface area contributed by atoms with Gasteiger partial charge < -0.3 is 14.7 Å². The Bertz CT molecular complexity index is 5030. The lowest BCUT2D eigenvalue weighted by Gasteiger charge is -2.32. The molecule has 0 saturated carbocycles. The number of para-hydroxylation sites is 4. The van der Waals surface area contributed by atoms with E-state index >= 15 is 0 Å². The molecule has 442 valence electrons. The van der Waals surface area contributed by atoms with Crippen molar-refractivity contribution in [2.45, 2.75) is 85.4 Å². The smallest absolute Gasteiger partial charge is 0.137 e. The van der Waals surface area contributed by atoms with E-state index in [0.717, 1.165) is 112 Å². The van der Waals surface area contributed by atoms with Crippen LogP contribution in [0.15, 0.2) is 273 Å². The van der Waals surface area contributed by atoms with Crippen molar-refractivity contribution in [3.8, 4) is 66.8 Å². The molecule has 2 aliphatic rings. The molecule has 0 amide bonds. The van der Waals surface area contributed by atoms with Gasteiger partial charge in [0.15, 0.2) is 0 Å². The van der Waals surface area contributed by atoms with Crippen LogP contribution in [-0.2, 0) is 16.2 Å². The standard InChI is InChI=1S/C85H77N5/c1-57-46-81(86-55-76(57)60-32-19-13-20-33-60)90-77-45-42-61(58-28-15-11-16-29-58)49-75(77)73-37-24-23-36-72(73)74-44-43-67(54-80(74)90)89(66-34-21-14-22-35-66)69-52-65(85(8,9)10)51-68(53-69)87-56-88(79-41-26-25-40-78(79)87)82-70(59-30-17-12-18-31-59)38-27-39-71(82)62-47-63(83(2,3)4)50-64(48-62)84(5,6)7/h11-55H,56H2,1-10H3/i1D3,12D,17D,18D,30D,31D. The summed E-state index contributed by atoms with van der Waals surface area (Å²) >= 11 is 0. The lowest BCUT2D eigenvalue weighted by atomic mass is 9.78. The predicted octanol–water partition coefficient (Wildman–Crippen LogP) is 23.8. The highest BCUT2D eigenvalue weighted by atomic mass is 15.4. The number of hydrogen-bond donors (Lipinski definition) is 0. The third-order valence-electron chi connectivity index (χ3n) is 17.7. The van der Waals surface area contributed by atoms with Gasteiger partial charge in [0.25, 0.3) is 0 Å². The zero-order valence-corrected chi connectivity index (χ0v) is 52.5. The highest BCUT2D eigenvalue weighted by molar-refractivity contribution is 6.05. The minimum Gasteiger partial charge on any atom is -0.321 e. The van der Waals surface area contributed by atoms with E-state index in [-0.39, 0.29) is 39.5 Å². The van der Waals surface area contributed by atoms with Gasteiger partial charge in [-0.05, 0) is 157 Å². The van der Waals surface area contributed by atoms with Gasteiger partial charge in [-0.15, -0.1) is 0 Å². The number of nitrogens with zero attached hydrogens (tertiary/aromatic N) is 5. The lowest BCUT2D eigenvalue weighted by Crippen LogP contribution is -2.26. The number of anilines is 10. The Labute approximate surface area is 544 Å². The maximum absolute atomic E-state index is 9.51. The van der Waals surface area contributed by atoms with E-state index in [1.165, 1.54) is 0 Å². The molecule has 3 heterocycles. The summed E-state index contributed by atoms with van der Waals surface area (Å²) in [6, 6.07) is 79.8. The number of aromatic nitrogens is 1. The number of hydrogen-bond acceptors (Lipinski definition) is 5. The van der Waals surface area contributed by atoms with Crippen LogP contribution in [0.3, 0.4) is 0 Å². The van der Waals surface area contributed by atoms with Crippen molar-refractivity contribution in [1.29, 1.82) is 0 Å². The van der Waals surface area contributed by atoms with Crippen LogP contribution in [0.1, 0.15) is 95.5 Å². The highest BCUT2D eigenvalue weighted by Crippen LogP contribution is 2.55. The Morgan fingerprint density at radius 2 is 0.956 bits per heavy atom. The topological polar surface area (TPSA) is 25.9 Å². The van der Waals surface area contributed by atoms with Crippen molar-refractivity contribution in [1.82, 2.24) is 4.98 Å². The quantitative estimate of drug-likeness (QED) is 0.136. The molecule has 0 aliphatic carbocycles. The molecule has 11 aromatic carbocycles. The van der Waals surface area contributed by atoms with Crippen LogP contribution in [0, 0.1) is 6.85 Å². The van der Waals surface area contributed by atoms with Crippen LogP contribution < -0.4 is 19.6 Å². The lowest BCUT2D eigenvalue weighted by molar-refractivity contribution is 0.569. The molecule has 14 rings (SSSR count). The molecule has 0 unspecified atom stereocenters. The van der Waals surface area contributed by atoms with Gasteiger partial charge in [0.05, 0.1) is 35.3 Å². The molecule has 0 atom stereocenters. The fourth-order valence-corrected chi connectivity index (χ4v) is 12.8. The molecule has 0 radical (unpaired) electrons. The Balaban J connectivity index is 0.986. The van der Waals surface area contributed by atoms with E-state index in [0.29, 0.717) is 29.3 Å². The van der Waals surface area contributed by atoms with Gasteiger partial charge in [0.2, 0.25) is 0 Å². The normalized spacial score (nSPS) is 14.3. The van der Waals surface area contributed by atoms with Crippen LogP contribution in [0.4, 0.5) is 57.0 Å². The first-order valence-electron chi connectivity index (χ1n) is 35.0. The first-order valence-corrected chi connectivity index (χ1v) is 31.0. The maximum atomic E-state index is 9.51. The minimum absolute atomic E-state index is 0.128. The molecule has 5 nitrogen and oxygen atoms in total. The van der Waals surface area contributed by atoms with Gasteiger partial charge >= 0.3 is 0 Å². The highest BCUT2D eigenvalue weighted by Gasteiger charge is 2.35. The summed E-state index contributed by atoms with van der Waals surface area (Å²) < 4.78 is 72.9. The first kappa shape index (κ1) is 48.7. The average molecular weight is 1180 g/mol. The van der Waals surface area contributed by atoms with Gasteiger partial charge in [-0.2, -0.15) is 0 Å². The van der Waals surface area contributed by atoms with E-state index in [1.807, 2.05) is 72.8 Å². The van der Waals surface area contributed by atoms with Gasteiger partial charge in [-0.3, -0.25) is 4.90 Å². The number of pyridine rings is 1. The second kappa shape index (κ2) is 22.7. The van der Waals surface area contributed by atoms with Gasteiger partial charge in [0, 0.05) is 60.9 Å². The van der Waals surface area contributed by atoms with E-state index in [2.05, 4.69) is 240 Å². The molecule has 0 spiro atoms. The number of rotatable bonds is 10. The van der Waals surface area contributed by atoms with E-state index in [4.69, 9.17) is 13.2 Å². The van der Waals surface area contributed by atoms with Gasteiger partial charge in [-0.25, -0.2) is 4.98 Å². The molecule has 0 fully saturated rings. The summed E-state index contributed by atoms with van der Waals surface area (Å²) in [4.78, 5) is 14.3. The summed E-state index contributed by atoms with van der Waals surface area (Å²) in [5, 5.41) is 0. The second-order valence-corrected chi connectivity index (χ2v) is 26.8. The molecule has 0 saturated heterocycles. The SMILES string of the molecule is [2H]c1c([2H])c([2H])c(-c2cccc(-c3cc(C(C)(C)C)cc(C(C)(C)C)c3)c2N2CN(c3cc(N(c4ccccc4)c4ccc5c(c4)N(c4cc(C([2H])([2H])[2H])c(-c6ccccc6)cn4)c4ccc(-c6ccccc6)cc4-c4ccccc4-5)cc(C(C)(C)C)c3)c3ccccc32)c([2H])c1[2H]. The Morgan fingerprint density at radius 3 is 1.61 bits per heavy atom. The van der Waals surface area contributed by atoms with E-state index in [1.54, 1.807) is 12.3 Å². The monoisotopic (exact) mass is 1180 g/mol. The third-order valence-corrected chi connectivity index (χ3v) is 17.7. The minimum atomic E-state index is -2.50. The largest absolute Gasteiger partial charge is 0.321 e. The van der Waals surface area contributed by atoms with Crippen LogP contribution in [0.5, 0.6) is 0 Å². The predicted molar refractivity (Wildman–Crippen MR) is 383 cm³/mol. The van der Waals surface area contributed by atoms with Crippen molar-refractivity contribution in [3.05, 3.63) is 295 Å². The number of fused-ring (bicyclic) bond motifs is 6. The summed E-state index contributed by atoms with van der Waals surface area (Å²) in [6.07, 6.45) is 1.71. The van der Waals surface area contributed by atoms with Crippen molar-refractivity contribution < 1.29 is 11.0 Å². The van der Waals surface area contributed by atoms with Gasteiger partial charge in [-0.1, -0.05) is 256 Å². The Hall–Kier alpha value is -10.2. The van der Waals surface area contributed by atoms with Crippen LogP contribution in [0.25, 0.3) is 66.8 Å². The Morgan fingerprint density at radius 1 is 0.378 bits per heavy atom. The molecular weight excluding hydrogens is 1090 g/mol. The molecule has 12 aromatic rings. The zero-order valence-electron chi connectivity index (χ0n) is 60.5. The van der Waals surface area contributed by atoms with Crippen molar-refractivity contribution in [2.24, 2.45) is 0 Å². The van der Waals surface area contributed by atoms with Crippen molar-refractivity contribution >= 4 is 57.0 Å². The third kappa shape index (κ3) is 10.7.